The molecule has 2 heterocycles. The number of aliphatic imine (C=N–C) groups is 1. The maximum atomic E-state index is 13.8. The van der Waals surface area contributed by atoms with E-state index in [4.69, 9.17) is 9.47 Å². The summed E-state index contributed by atoms with van der Waals surface area (Å²) in [5, 5.41) is 37.4. The van der Waals surface area contributed by atoms with E-state index in [1.165, 1.54) is 69.9 Å². The molecule has 0 spiro atoms. The maximum absolute atomic E-state index is 13.8. The molecule has 1 fully saturated rings. The van der Waals surface area contributed by atoms with E-state index in [0.717, 1.165) is 19.3 Å². The summed E-state index contributed by atoms with van der Waals surface area (Å²) in [6, 6.07) is 3.29. The van der Waals surface area contributed by atoms with Gasteiger partial charge in [0.2, 0.25) is 17.7 Å². The SMILES string of the molecule is CCCCCCCCCCCCC/C=C/C(=O)N(O)CCCCC(NC(=O)C1N=C(c2ccccc2O)OC1C)C(=O)OC(CC)C(C)C(=O)NC1CCCCN(O)C1=O. The molecule has 0 bridgehead atoms. The second-order valence-electron chi connectivity index (χ2n) is 16.2. The highest BCUT2D eigenvalue weighted by Crippen LogP contribution is 2.25. The monoisotopic (exact) mass is 842 g/mol. The Labute approximate surface area is 356 Å². The lowest BCUT2D eigenvalue weighted by Gasteiger charge is -2.27. The molecule has 2 aliphatic rings. The lowest BCUT2D eigenvalue weighted by atomic mass is 10.00. The van der Waals surface area contributed by atoms with Gasteiger partial charge in [0.05, 0.1) is 11.5 Å². The van der Waals surface area contributed by atoms with Crippen molar-refractivity contribution in [1.82, 2.24) is 20.8 Å². The fraction of sp³-hybridized carbons (Fsp3) is 0.689. The van der Waals surface area contributed by atoms with Crippen molar-refractivity contribution in [2.75, 3.05) is 13.1 Å². The van der Waals surface area contributed by atoms with Crippen LogP contribution < -0.4 is 10.6 Å². The molecule has 6 unspecified atom stereocenters. The van der Waals surface area contributed by atoms with Crippen LogP contribution in [0.5, 0.6) is 5.75 Å². The van der Waals surface area contributed by atoms with E-state index in [0.29, 0.717) is 47.8 Å². The molecular weight excluding hydrogens is 771 g/mol. The highest BCUT2D eigenvalue weighted by atomic mass is 16.5. The van der Waals surface area contributed by atoms with Gasteiger partial charge in [0.1, 0.15) is 30.0 Å². The van der Waals surface area contributed by atoms with Gasteiger partial charge in [-0.15, -0.1) is 0 Å². The van der Waals surface area contributed by atoms with Gasteiger partial charge in [-0.25, -0.2) is 19.9 Å². The molecule has 0 radical (unpaired) electrons. The van der Waals surface area contributed by atoms with Crippen LogP contribution in [0.25, 0.3) is 0 Å². The number of phenols is 1. The number of phenolic OH excluding ortho intramolecular Hbond substituents is 1. The largest absolute Gasteiger partial charge is 0.507 e. The minimum Gasteiger partial charge on any atom is -0.507 e. The van der Waals surface area contributed by atoms with Crippen molar-refractivity contribution in [2.24, 2.45) is 10.9 Å². The van der Waals surface area contributed by atoms with Crippen molar-refractivity contribution in [3.63, 3.8) is 0 Å². The zero-order chi connectivity index (χ0) is 43.9. The first-order chi connectivity index (χ1) is 28.9. The number of carbonyl (C=O) groups is 5. The van der Waals surface area contributed by atoms with Gasteiger partial charge in [-0.2, -0.15) is 0 Å². The fourth-order valence-corrected chi connectivity index (χ4v) is 7.38. The van der Waals surface area contributed by atoms with E-state index in [-0.39, 0.29) is 37.6 Å². The van der Waals surface area contributed by atoms with E-state index in [1.807, 2.05) is 0 Å². The van der Waals surface area contributed by atoms with Gasteiger partial charge >= 0.3 is 5.97 Å². The number of benzene rings is 1. The van der Waals surface area contributed by atoms with Crippen molar-refractivity contribution in [3.05, 3.63) is 42.0 Å². The predicted molar refractivity (Wildman–Crippen MR) is 227 cm³/mol. The Bertz CT molecular complexity index is 1570. The van der Waals surface area contributed by atoms with Gasteiger partial charge in [0, 0.05) is 19.2 Å². The van der Waals surface area contributed by atoms with Crippen LogP contribution in [-0.4, -0.2) is 105 Å². The number of esters is 1. The third-order valence-corrected chi connectivity index (χ3v) is 11.2. The predicted octanol–water partition coefficient (Wildman–Crippen LogP) is 6.90. The summed E-state index contributed by atoms with van der Waals surface area (Å²) in [6.45, 7) is 7.38. The number of hydroxylamine groups is 4. The molecular formula is C45H71N5O10. The lowest BCUT2D eigenvalue weighted by molar-refractivity contribution is -0.167. The van der Waals surface area contributed by atoms with Crippen LogP contribution in [0, 0.1) is 5.92 Å². The van der Waals surface area contributed by atoms with Gasteiger partial charge in [-0.05, 0) is 76.8 Å². The first-order valence-electron chi connectivity index (χ1n) is 22.4. The van der Waals surface area contributed by atoms with E-state index >= 15 is 0 Å². The van der Waals surface area contributed by atoms with Crippen LogP contribution >= 0.6 is 0 Å². The summed E-state index contributed by atoms with van der Waals surface area (Å²) in [4.78, 5) is 70.2. The second-order valence-corrected chi connectivity index (χ2v) is 16.2. The zero-order valence-corrected chi connectivity index (χ0v) is 36.3. The van der Waals surface area contributed by atoms with Crippen molar-refractivity contribution in [2.45, 2.75) is 180 Å². The van der Waals surface area contributed by atoms with Crippen LogP contribution in [0.1, 0.15) is 155 Å². The molecule has 6 atom stereocenters. The summed E-state index contributed by atoms with van der Waals surface area (Å²) in [5.41, 5.74) is 0.318. The molecule has 60 heavy (non-hydrogen) atoms. The van der Waals surface area contributed by atoms with Crippen LogP contribution in [0.2, 0.25) is 0 Å². The number of rotatable bonds is 27. The third kappa shape index (κ3) is 16.9. The number of allylic oxidation sites excluding steroid dienone is 1. The molecule has 1 aromatic rings. The van der Waals surface area contributed by atoms with Crippen LogP contribution in [-0.2, 0) is 33.4 Å². The van der Waals surface area contributed by atoms with Gasteiger partial charge in [-0.1, -0.05) is 103 Å². The lowest BCUT2D eigenvalue weighted by Crippen LogP contribution is -2.51. The normalized spacial score (nSPS) is 19.5. The molecule has 15 heteroatoms. The average molecular weight is 842 g/mol. The van der Waals surface area contributed by atoms with E-state index in [9.17, 15) is 39.5 Å². The minimum atomic E-state index is -1.18. The van der Waals surface area contributed by atoms with E-state index in [1.54, 1.807) is 45.0 Å². The maximum Gasteiger partial charge on any atom is 0.328 e. The molecule has 4 amide bonds. The topological polar surface area (TPSA) is 207 Å². The summed E-state index contributed by atoms with van der Waals surface area (Å²) in [7, 11) is 0. The summed E-state index contributed by atoms with van der Waals surface area (Å²) in [5.74, 6) is -3.91. The van der Waals surface area contributed by atoms with Crippen LogP contribution in [0.4, 0.5) is 0 Å². The van der Waals surface area contributed by atoms with Crippen LogP contribution in [0.3, 0.4) is 0 Å². The standard InChI is InChI=1S/C45H71N5O10/c1-5-7-8-9-10-11-12-13-14-15-16-17-18-29-39(52)49(57)30-23-22-27-36(47-42(54)40-33(4)59-43(48-40)34-25-19-20-28-37(34)51)45(56)60-38(6-2)32(3)41(53)46-35-26-21-24-31-50(58)44(35)55/h18-20,25,28-29,32-33,35-36,38,40,51,57-58H,5-17,21-24,26-27,30-31H2,1-4H3,(H,46,53)(H,47,54)/b29-18+. The number of para-hydroxylation sites is 1. The van der Waals surface area contributed by atoms with Crippen molar-refractivity contribution in [1.29, 1.82) is 0 Å². The fourth-order valence-electron chi connectivity index (χ4n) is 7.38. The Morgan fingerprint density at radius 3 is 2.32 bits per heavy atom. The van der Waals surface area contributed by atoms with Gasteiger partial charge in [-0.3, -0.25) is 29.6 Å². The molecule has 2 aliphatic heterocycles. The number of hydrogen-bond acceptors (Lipinski definition) is 11. The molecule has 336 valence electrons. The number of carbonyl (C=O) groups excluding carboxylic acids is 5. The molecule has 1 saturated heterocycles. The summed E-state index contributed by atoms with van der Waals surface area (Å²) < 4.78 is 11.7. The Kier molecular flexibility index (Phi) is 22.7. The molecule has 0 aliphatic carbocycles. The van der Waals surface area contributed by atoms with Crippen LogP contribution in [0.15, 0.2) is 41.4 Å². The summed E-state index contributed by atoms with van der Waals surface area (Å²) >= 11 is 0. The van der Waals surface area contributed by atoms with Gasteiger partial charge in [0.15, 0.2) is 6.04 Å². The number of nitrogens with one attached hydrogen (secondary N) is 2. The number of nitrogens with zero attached hydrogens (tertiary/aromatic N) is 3. The Morgan fingerprint density at radius 2 is 1.65 bits per heavy atom. The number of ether oxygens (including phenoxy) is 2. The first-order valence-corrected chi connectivity index (χ1v) is 22.4. The van der Waals surface area contributed by atoms with Gasteiger partial charge < -0.3 is 25.2 Å². The highest BCUT2D eigenvalue weighted by Gasteiger charge is 2.38. The number of unbranched alkanes of at least 4 members (excludes halogenated alkanes) is 12. The molecule has 3 rings (SSSR count). The summed E-state index contributed by atoms with van der Waals surface area (Å²) in [6.07, 6.45) is 18.5. The highest BCUT2D eigenvalue weighted by molar-refractivity contribution is 6.01. The van der Waals surface area contributed by atoms with E-state index < -0.39 is 65.8 Å². The smallest absolute Gasteiger partial charge is 0.328 e. The Hall–Kier alpha value is -4.50. The zero-order valence-electron chi connectivity index (χ0n) is 36.3. The average Bonchev–Trinajstić information content (AvgIpc) is 3.56. The van der Waals surface area contributed by atoms with Crippen molar-refractivity contribution >= 4 is 35.5 Å². The van der Waals surface area contributed by atoms with Crippen molar-refractivity contribution < 1.29 is 49.0 Å². The quantitative estimate of drug-likeness (QED) is 0.0204. The third-order valence-electron chi connectivity index (χ3n) is 11.2. The Morgan fingerprint density at radius 1 is 0.983 bits per heavy atom. The molecule has 5 N–H and O–H groups in total. The van der Waals surface area contributed by atoms with Crippen molar-refractivity contribution in [3.8, 4) is 5.75 Å². The molecule has 15 nitrogen and oxygen atoms in total. The number of hydrogen-bond donors (Lipinski definition) is 5. The molecule has 0 saturated carbocycles. The molecule has 0 aromatic heterocycles. The van der Waals surface area contributed by atoms with E-state index in [2.05, 4.69) is 22.5 Å². The van der Waals surface area contributed by atoms with Gasteiger partial charge in [0.25, 0.3) is 11.8 Å². The molecule has 1 aromatic carbocycles. The number of aromatic hydroxyl groups is 1. The minimum absolute atomic E-state index is 0.000993. The Balaban J connectivity index is 1.55. The second kappa shape index (κ2) is 27.4. The number of amides is 4. The first kappa shape index (κ1) is 49.9.